The van der Waals surface area contributed by atoms with Crippen LogP contribution in [0.25, 0.3) is 0 Å². The van der Waals surface area contributed by atoms with E-state index in [1.54, 1.807) is 0 Å². The molecule has 0 radical (unpaired) electrons. The highest BCUT2D eigenvalue weighted by Crippen LogP contribution is 2.35. The molecular weight excluding hydrogens is 348 g/mol. The molecular formula is C20H38N2O5. The molecule has 0 heterocycles. The Morgan fingerprint density at radius 3 is 1.81 bits per heavy atom. The summed E-state index contributed by atoms with van der Waals surface area (Å²) in [4.78, 5) is 23.9. The van der Waals surface area contributed by atoms with Crippen LogP contribution in [0, 0.1) is 17.8 Å². The maximum absolute atomic E-state index is 12.0. The van der Waals surface area contributed by atoms with Gasteiger partial charge in [0.05, 0.1) is 0 Å². The van der Waals surface area contributed by atoms with Gasteiger partial charge in [0.25, 0.3) is 0 Å². The van der Waals surface area contributed by atoms with Crippen molar-refractivity contribution >= 4 is 12.2 Å². The predicted octanol–water partition coefficient (Wildman–Crippen LogP) is 3.45. The Bertz CT molecular complexity index is 482. The summed E-state index contributed by atoms with van der Waals surface area (Å²) in [5, 5.41) is 15.0. The fourth-order valence-electron chi connectivity index (χ4n) is 3.44. The summed E-state index contributed by atoms with van der Waals surface area (Å²) < 4.78 is 10.6. The molecule has 0 unspecified atom stereocenters. The number of hydrogen-bond donors (Lipinski definition) is 3. The van der Waals surface area contributed by atoms with Gasteiger partial charge in [-0.1, -0.05) is 6.42 Å². The Balaban J connectivity index is 2.59. The number of aliphatic hydroxyl groups is 1. The van der Waals surface area contributed by atoms with Gasteiger partial charge in [0.1, 0.15) is 11.2 Å². The van der Waals surface area contributed by atoms with Crippen molar-refractivity contribution in [1.82, 2.24) is 10.6 Å². The molecule has 3 N–H and O–H groups in total. The number of hydrogen-bond acceptors (Lipinski definition) is 5. The topological polar surface area (TPSA) is 96.9 Å². The van der Waals surface area contributed by atoms with E-state index in [4.69, 9.17) is 9.47 Å². The fraction of sp³-hybridized carbons (Fsp3) is 0.900. The van der Waals surface area contributed by atoms with Gasteiger partial charge in [0.2, 0.25) is 0 Å². The molecule has 158 valence electrons. The average molecular weight is 387 g/mol. The van der Waals surface area contributed by atoms with E-state index in [1.165, 1.54) is 0 Å². The normalized spacial score (nSPS) is 23.4. The second-order valence-electron chi connectivity index (χ2n) is 9.48. The molecule has 0 aromatic rings. The molecule has 2 amide bonds. The van der Waals surface area contributed by atoms with Crippen LogP contribution in [-0.2, 0) is 9.47 Å². The highest BCUT2D eigenvalue weighted by molar-refractivity contribution is 5.68. The predicted molar refractivity (Wildman–Crippen MR) is 104 cm³/mol. The second-order valence-corrected chi connectivity index (χ2v) is 9.48. The van der Waals surface area contributed by atoms with Crippen molar-refractivity contribution in [3.05, 3.63) is 0 Å². The van der Waals surface area contributed by atoms with Gasteiger partial charge in [0.15, 0.2) is 0 Å². The van der Waals surface area contributed by atoms with E-state index < -0.39 is 23.4 Å². The van der Waals surface area contributed by atoms with Gasteiger partial charge in [-0.25, -0.2) is 9.59 Å². The Morgan fingerprint density at radius 1 is 0.889 bits per heavy atom. The second kappa shape index (κ2) is 10.2. The number of aliphatic hydroxyl groups excluding tert-OH is 1. The standard InChI is InChI=1S/C20H38N2O5/c1-19(2,3)26-17(24)21-12-15-8-7-14(9-10-23)11-16(15)13-22-18(25)27-20(4,5)6/h14-16,23H,7-13H2,1-6H3,(H,21,24)(H,22,25)/t14-,15-,16-/m1/s1. The van der Waals surface area contributed by atoms with E-state index in [0.29, 0.717) is 19.0 Å². The average Bonchev–Trinajstić information content (AvgIpc) is 2.49. The van der Waals surface area contributed by atoms with Crippen LogP contribution in [-0.4, -0.2) is 48.2 Å². The zero-order chi connectivity index (χ0) is 20.7. The number of rotatable bonds is 6. The first-order chi connectivity index (χ1) is 12.4. The minimum Gasteiger partial charge on any atom is -0.444 e. The minimum atomic E-state index is -0.534. The van der Waals surface area contributed by atoms with E-state index in [-0.39, 0.29) is 18.4 Å². The van der Waals surface area contributed by atoms with Gasteiger partial charge in [-0.05, 0) is 78.6 Å². The number of amides is 2. The lowest BCUT2D eigenvalue weighted by Gasteiger charge is -2.36. The van der Waals surface area contributed by atoms with Crippen molar-refractivity contribution in [2.75, 3.05) is 19.7 Å². The molecule has 1 saturated carbocycles. The van der Waals surface area contributed by atoms with Gasteiger partial charge >= 0.3 is 12.2 Å². The summed E-state index contributed by atoms with van der Waals surface area (Å²) in [5.74, 6) is 0.915. The number of carbonyl (C=O) groups is 2. The van der Waals surface area contributed by atoms with Crippen molar-refractivity contribution in [1.29, 1.82) is 0 Å². The Labute approximate surface area is 163 Å². The lowest BCUT2D eigenvalue weighted by atomic mass is 9.73. The molecule has 7 nitrogen and oxygen atoms in total. The number of carbonyl (C=O) groups excluding carboxylic acids is 2. The highest BCUT2D eigenvalue weighted by atomic mass is 16.6. The third-order valence-corrected chi connectivity index (χ3v) is 4.60. The first-order valence-electron chi connectivity index (χ1n) is 9.94. The Hall–Kier alpha value is -1.50. The van der Waals surface area contributed by atoms with Crippen molar-refractivity contribution in [3.8, 4) is 0 Å². The van der Waals surface area contributed by atoms with E-state index in [2.05, 4.69) is 10.6 Å². The molecule has 0 spiro atoms. The van der Waals surface area contributed by atoms with Crippen LogP contribution in [0.1, 0.15) is 67.2 Å². The maximum atomic E-state index is 12.0. The molecule has 1 aliphatic carbocycles. The molecule has 1 rings (SSSR count). The summed E-state index contributed by atoms with van der Waals surface area (Å²) >= 11 is 0. The van der Waals surface area contributed by atoms with E-state index >= 15 is 0 Å². The SMILES string of the molecule is CC(C)(C)OC(=O)NC[C@H]1CC[C@H](CCO)C[C@@H]1CNC(=O)OC(C)(C)C. The lowest BCUT2D eigenvalue weighted by molar-refractivity contribution is 0.0454. The number of ether oxygens (including phenoxy) is 2. The van der Waals surface area contributed by atoms with Crippen LogP contribution in [0.4, 0.5) is 9.59 Å². The minimum absolute atomic E-state index is 0.178. The summed E-state index contributed by atoms with van der Waals surface area (Å²) in [6, 6.07) is 0. The van der Waals surface area contributed by atoms with Crippen LogP contribution in [0.2, 0.25) is 0 Å². The van der Waals surface area contributed by atoms with Gasteiger partial charge in [-0.2, -0.15) is 0 Å². The monoisotopic (exact) mass is 386 g/mol. The van der Waals surface area contributed by atoms with Crippen molar-refractivity contribution < 1.29 is 24.2 Å². The largest absolute Gasteiger partial charge is 0.444 e. The molecule has 7 heteroatoms. The van der Waals surface area contributed by atoms with Crippen LogP contribution in [0.15, 0.2) is 0 Å². The molecule has 1 aliphatic rings. The van der Waals surface area contributed by atoms with Crippen LogP contribution >= 0.6 is 0 Å². The Morgan fingerprint density at radius 2 is 1.37 bits per heavy atom. The zero-order valence-electron chi connectivity index (χ0n) is 17.8. The first-order valence-corrected chi connectivity index (χ1v) is 9.94. The third-order valence-electron chi connectivity index (χ3n) is 4.60. The van der Waals surface area contributed by atoms with E-state index in [1.807, 2.05) is 41.5 Å². The maximum Gasteiger partial charge on any atom is 0.407 e. The smallest absolute Gasteiger partial charge is 0.407 e. The summed E-state index contributed by atoms with van der Waals surface area (Å²) in [6.45, 7) is 12.2. The molecule has 0 saturated heterocycles. The summed E-state index contributed by atoms with van der Waals surface area (Å²) in [5.41, 5.74) is -1.06. The van der Waals surface area contributed by atoms with Gasteiger partial charge in [0, 0.05) is 19.7 Å². The molecule has 0 aliphatic heterocycles. The molecule has 0 aromatic heterocycles. The van der Waals surface area contributed by atoms with Crippen molar-refractivity contribution in [2.45, 2.75) is 78.4 Å². The number of nitrogens with one attached hydrogen (secondary N) is 2. The highest BCUT2D eigenvalue weighted by Gasteiger charge is 2.31. The van der Waals surface area contributed by atoms with E-state index in [0.717, 1.165) is 25.7 Å². The molecule has 0 bridgehead atoms. The van der Waals surface area contributed by atoms with Crippen molar-refractivity contribution in [3.63, 3.8) is 0 Å². The summed E-state index contributed by atoms with van der Waals surface area (Å²) in [6.07, 6.45) is 2.81. The fourth-order valence-corrected chi connectivity index (χ4v) is 3.44. The van der Waals surface area contributed by atoms with E-state index in [9.17, 15) is 14.7 Å². The quantitative estimate of drug-likeness (QED) is 0.650. The third kappa shape index (κ3) is 10.4. The first kappa shape index (κ1) is 23.5. The Kier molecular flexibility index (Phi) is 8.85. The van der Waals surface area contributed by atoms with Crippen LogP contribution in [0.5, 0.6) is 0 Å². The molecule has 3 atom stereocenters. The number of alkyl carbamates (subject to hydrolysis) is 2. The lowest BCUT2D eigenvalue weighted by Crippen LogP contribution is -2.43. The van der Waals surface area contributed by atoms with Crippen LogP contribution in [0.3, 0.4) is 0 Å². The van der Waals surface area contributed by atoms with Gasteiger partial charge in [-0.15, -0.1) is 0 Å². The summed E-state index contributed by atoms with van der Waals surface area (Å²) in [7, 11) is 0. The van der Waals surface area contributed by atoms with Gasteiger partial charge in [-0.3, -0.25) is 0 Å². The molecule has 1 fully saturated rings. The molecule has 0 aromatic carbocycles. The zero-order valence-corrected chi connectivity index (χ0v) is 17.8. The van der Waals surface area contributed by atoms with Gasteiger partial charge < -0.3 is 25.2 Å². The molecule has 27 heavy (non-hydrogen) atoms. The van der Waals surface area contributed by atoms with Crippen molar-refractivity contribution in [2.24, 2.45) is 17.8 Å². The van der Waals surface area contributed by atoms with Crippen LogP contribution < -0.4 is 10.6 Å².